The van der Waals surface area contributed by atoms with Gasteiger partial charge in [-0.25, -0.2) is 0 Å². The number of likely N-dealkylation sites (N-methyl/N-ethyl adjacent to an activating group) is 1. The first-order valence-corrected chi connectivity index (χ1v) is 12.4. The SMILES string of the molecule is CCOC(=O)C1CCCN(c2c(/C=C3/SC(=S)N(CC)C3=O)c(C)c(C#N)c(=O)n2CC)C1. The number of nitrogens with zero attached hydrogens (tertiary/aromatic N) is 4. The Kier molecular flexibility index (Phi) is 7.97. The summed E-state index contributed by atoms with van der Waals surface area (Å²) in [5, 5.41) is 9.69. The van der Waals surface area contributed by atoms with Gasteiger partial charge in [0.2, 0.25) is 0 Å². The van der Waals surface area contributed by atoms with Crippen LogP contribution in [0.2, 0.25) is 0 Å². The van der Waals surface area contributed by atoms with Gasteiger partial charge in [0.05, 0.1) is 17.4 Å². The highest BCUT2D eigenvalue weighted by molar-refractivity contribution is 8.26. The normalized spacial score (nSPS) is 19.8. The van der Waals surface area contributed by atoms with Crippen molar-refractivity contribution in [3.8, 4) is 6.07 Å². The van der Waals surface area contributed by atoms with Gasteiger partial charge in [-0.1, -0.05) is 24.0 Å². The summed E-state index contributed by atoms with van der Waals surface area (Å²) in [6.07, 6.45) is 3.21. The second-order valence-corrected chi connectivity index (χ2v) is 9.54. The molecule has 176 valence electrons. The van der Waals surface area contributed by atoms with Crippen molar-refractivity contribution in [2.75, 3.05) is 31.1 Å². The van der Waals surface area contributed by atoms with Crippen molar-refractivity contribution in [3.05, 3.63) is 31.9 Å². The highest BCUT2D eigenvalue weighted by Crippen LogP contribution is 2.36. The monoisotopic (exact) mass is 488 g/mol. The molecule has 2 fully saturated rings. The van der Waals surface area contributed by atoms with Gasteiger partial charge in [-0.05, 0) is 52.2 Å². The van der Waals surface area contributed by atoms with E-state index in [0.29, 0.717) is 65.4 Å². The summed E-state index contributed by atoms with van der Waals surface area (Å²) in [5.41, 5.74) is 0.831. The lowest BCUT2D eigenvalue weighted by atomic mass is 9.96. The summed E-state index contributed by atoms with van der Waals surface area (Å²) in [7, 11) is 0. The molecule has 3 heterocycles. The van der Waals surface area contributed by atoms with Gasteiger partial charge in [0.25, 0.3) is 11.5 Å². The topological polar surface area (TPSA) is 95.6 Å². The van der Waals surface area contributed by atoms with Crippen LogP contribution >= 0.6 is 24.0 Å². The molecule has 1 aromatic rings. The molecule has 10 heteroatoms. The largest absolute Gasteiger partial charge is 0.466 e. The summed E-state index contributed by atoms with van der Waals surface area (Å²) >= 11 is 6.56. The maximum absolute atomic E-state index is 13.1. The van der Waals surface area contributed by atoms with Crippen molar-refractivity contribution in [2.24, 2.45) is 5.92 Å². The Morgan fingerprint density at radius 2 is 2.03 bits per heavy atom. The average Bonchev–Trinajstić information content (AvgIpc) is 3.07. The zero-order valence-corrected chi connectivity index (χ0v) is 21.0. The second kappa shape index (κ2) is 10.5. The first kappa shape index (κ1) is 25.0. The number of aromatic nitrogens is 1. The lowest BCUT2D eigenvalue weighted by Crippen LogP contribution is -2.43. The summed E-state index contributed by atoms with van der Waals surface area (Å²) in [5.74, 6) is -0.118. The van der Waals surface area contributed by atoms with Gasteiger partial charge in [0, 0.05) is 31.7 Å². The zero-order chi connectivity index (χ0) is 24.3. The predicted molar refractivity (Wildman–Crippen MR) is 133 cm³/mol. The molecule has 0 aromatic carbocycles. The maximum atomic E-state index is 13.1. The molecule has 8 nitrogen and oxygen atoms in total. The molecular formula is C23H28N4O4S2. The fourth-order valence-corrected chi connectivity index (χ4v) is 5.67. The number of nitriles is 1. The van der Waals surface area contributed by atoms with Crippen LogP contribution in [0.15, 0.2) is 9.70 Å². The Morgan fingerprint density at radius 1 is 1.30 bits per heavy atom. The number of piperidine rings is 1. The molecule has 2 aliphatic heterocycles. The van der Waals surface area contributed by atoms with Crippen molar-refractivity contribution in [1.29, 1.82) is 5.26 Å². The number of hydrogen-bond donors (Lipinski definition) is 0. The highest BCUT2D eigenvalue weighted by atomic mass is 32.2. The quantitative estimate of drug-likeness (QED) is 0.343. The Balaban J connectivity index is 2.19. The van der Waals surface area contributed by atoms with Crippen LogP contribution in [0.3, 0.4) is 0 Å². The van der Waals surface area contributed by atoms with E-state index in [4.69, 9.17) is 17.0 Å². The molecule has 2 aliphatic rings. The van der Waals surface area contributed by atoms with Crippen LogP contribution in [0.25, 0.3) is 6.08 Å². The minimum Gasteiger partial charge on any atom is -0.466 e. The number of hydrogen-bond acceptors (Lipinski definition) is 8. The lowest BCUT2D eigenvalue weighted by Gasteiger charge is -2.36. The van der Waals surface area contributed by atoms with Gasteiger partial charge >= 0.3 is 5.97 Å². The average molecular weight is 489 g/mol. The molecule has 1 aromatic heterocycles. The molecular weight excluding hydrogens is 460 g/mol. The third-order valence-electron chi connectivity index (χ3n) is 5.97. The van der Waals surface area contributed by atoms with Crippen LogP contribution < -0.4 is 10.5 Å². The lowest BCUT2D eigenvalue weighted by molar-refractivity contribution is -0.148. The van der Waals surface area contributed by atoms with Crippen molar-refractivity contribution in [1.82, 2.24) is 9.47 Å². The van der Waals surface area contributed by atoms with E-state index in [2.05, 4.69) is 0 Å². The molecule has 2 saturated heterocycles. The smallest absolute Gasteiger partial charge is 0.310 e. The number of thiocarbonyl (C=S) groups is 1. The van der Waals surface area contributed by atoms with E-state index in [1.807, 2.05) is 24.8 Å². The molecule has 0 N–H and O–H groups in total. The van der Waals surface area contributed by atoms with E-state index in [-0.39, 0.29) is 28.9 Å². The van der Waals surface area contributed by atoms with E-state index in [0.717, 1.165) is 6.42 Å². The van der Waals surface area contributed by atoms with Crippen LogP contribution in [0.1, 0.15) is 50.3 Å². The number of anilines is 1. The molecule has 1 amide bonds. The Hall–Kier alpha value is -2.64. The third-order valence-corrected chi connectivity index (χ3v) is 7.35. The second-order valence-electron chi connectivity index (χ2n) is 7.86. The van der Waals surface area contributed by atoms with E-state index < -0.39 is 0 Å². The number of carbonyl (C=O) groups is 2. The van der Waals surface area contributed by atoms with E-state index in [1.165, 1.54) is 16.7 Å². The molecule has 33 heavy (non-hydrogen) atoms. The molecule has 0 bridgehead atoms. The Bertz CT molecular complexity index is 1120. The van der Waals surface area contributed by atoms with Crippen LogP contribution in [0.4, 0.5) is 5.82 Å². The highest BCUT2D eigenvalue weighted by Gasteiger charge is 2.34. The van der Waals surface area contributed by atoms with Crippen LogP contribution in [0.5, 0.6) is 0 Å². The summed E-state index contributed by atoms with van der Waals surface area (Å²) in [4.78, 5) is 42.4. The molecule has 0 saturated carbocycles. The molecule has 3 rings (SSSR count). The number of esters is 1. The van der Waals surface area contributed by atoms with Gasteiger partial charge < -0.3 is 9.64 Å². The number of pyridine rings is 1. The van der Waals surface area contributed by atoms with Crippen LogP contribution in [-0.4, -0.2) is 51.9 Å². The van der Waals surface area contributed by atoms with Gasteiger partial charge in [0.1, 0.15) is 21.8 Å². The molecule has 1 atom stereocenters. The molecule has 0 spiro atoms. The van der Waals surface area contributed by atoms with E-state index in [1.54, 1.807) is 24.5 Å². The minimum absolute atomic E-state index is 0.0526. The van der Waals surface area contributed by atoms with E-state index >= 15 is 0 Å². The van der Waals surface area contributed by atoms with Crippen LogP contribution in [-0.2, 0) is 20.9 Å². The summed E-state index contributed by atoms with van der Waals surface area (Å²) in [6.45, 7) is 9.39. The van der Waals surface area contributed by atoms with Gasteiger partial charge in [-0.15, -0.1) is 0 Å². The van der Waals surface area contributed by atoms with Gasteiger partial charge in [-0.2, -0.15) is 5.26 Å². The van der Waals surface area contributed by atoms with Crippen molar-refractivity contribution < 1.29 is 14.3 Å². The molecule has 0 radical (unpaired) electrons. The van der Waals surface area contributed by atoms with E-state index in [9.17, 15) is 19.6 Å². The van der Waals surface area contributed by atoms with Crippen molar-refractivity contribution in [2.45, 2.75) is 47.1 Å². The number of carbonyl (C=O) groups excluding carboxylic acids is 2. The van der Waals surface area contributed by atoms with Crippen molar-refractivity contribution >= 4 is 52.1 Å². The zero-order valence-electron chi connectivity index (χ0n) is 19.3. The van der Waals surface area contributed by atoms with Gasteiger partial charge in [0.15, 0.2) is 0 Å². The first-order chi connectivity index (χ1) is 15.8. The molecule has 0 aliphatic carbocycles. The first-order valence-electron chi connectivity index (χ1n) is 11.1. The summed E-state index contributed by atoms with van der Waals surface area (Å²) in [6, 6.07) is 2.03. The van der Waals surface area contributed by atoms with Crippen molar-refractivity contribution in [3.63, 3.8) is 0 Å². The fraction of sp³-hybridized carbons (Fsp3) is 0.522. The number of rotatable bonds is 6. The third kappa shape index (κ3) is 4.70. The van der Waals surface area contributed by atoms with Gasteiger partial charge in [-0.3, -0.25) is 23.9 Å². The number of ether oxygens (including phenoxy) is 1. The number of thioether (sulfide) groups is 1. The Labute approximate surface area is 203 Å². The van der Waals surface area contributed by atoms with Crippen LogP contribution in [0, 0.1) is 24.2 Å². The minimum atomic E-state index is -0.371. The standard InChI is InChI=1S/C23H28N4O4S2/c1-5-26-19(25-10-8-9-15(13-25)22(30)31-7-3)16(14(4)17(12-24)20(26)28)11-18-21(29)27(6-2)23(32)33-18/h11,15H,5-10,13H2,1-4H3/b18-11+. The maximum Gasteiger partial charge on any atom is 0.310 e. The fourth-order valence-electron chi connectivity index (χ4n) is 4.30. The molecule has 1 unspecified atom stereocenters. The Morgan fingerprint density at radius 3 is 2.61 bits per heavy atom. The number of amides is 1. The predicted octanol–water partition coefficient (Wildman–Crippen LogP) is 3.05. The summed E-state index contributed by atoms with van der Waals surface area (Å²) < 4.78 is 7.28.